The SMILES string of the molecule is NC(CCC(=O)Cc1ccc2ccccc2c1)C(=O)O. The molecular formula is C16H17NO3. The Morgan fingerprint density at radius 1 is 1.10 bits per heavy atom. The minimum absolute atomic E-state index is 0.0111. The van der Waals surface area contributed by atoms with E-state index < -0.39 is 12.0 Å². The van der Waals surface area contributed by atoms with Crippen LogP contribution < -0.4 is 5.73 Å². The largest absolute Gasteiger partial charge is 0.480 e. The van der Waals surface area contributed by atoms with Crippen molar-refractivity contribution in [2.45, 2.75) is 25.3 Å². The zero-order valence-electron chi connectivity index (χ0n) is 11.1. The van der Waals surface area contributed by atoms with Gasteiger partial charge in [0, 0.05) is 12.8 Å². The van der Waals surface area contributed by atoms with Gasteiger partial charge >= 0.3 is 5.97 Å². The molecule has 0 heterocycles. The van der Waals surface area contributed by atoms with Gasteiger partial charge in [0.2, 0.25) is 0 Å². The Bertz CT molecular complexity index is 636. The topological polar surface area (TPSA) is 80.4 Å². The van der Waals surface area contributed by atoms with Gasteiger partial charge < -0.3 is 10.8 Å². The molecule has 0 spiro atoms. The first-order valence-corrected chi connectivity index (χ1v) is 6.54. The van der Waals surface area contributed by atoms with Crippen molar-refractivity contribution < 1.29 is 14.7 Å². The Balaban J connectivity index is 1.97. The molecule has 104 valence electrons. The summed E-state index contributed by atoms with van der Waals surface area (Å²) >= 11 is 0. The van der Waals surface area contributed by atoms with Crippen LogP contribution in [0.5, 0.6) is 0 Å². The molecule has 2 rings (SSSR count). The van der Waals surface area contributed by atoms with Crippen LogP contribution in [-0.2, 0) is 16.0 Å². The average molecular weight is 271 g/mol. The average Bonchev–Trinajstić information content (AvgIpc) is 2.44. The van der Waals surface area contributed by atoms with Crippen LogP contribution in [-0.4, -0.2) is 22.9 Å². The number of rotatable bonds is 6. The van der Waals surface area contributed by atoms with Crippen molar-refractivity contribution in [3.05, 3.63) is 48.0 Å². The third kappa shape index (κ3) is 3.65. The van der Waals surface area contributed by atoms with Gasteiger partial charge in [-0.1, -0.05) is 42.5 Å². The predicted octanol–water partition coefficient (Wildman–Crippen LogP) is 2.14. The summed E-state index contributed by atoms with van der Waals surface area (Å²) in [5.74, 6) is -1.06. The molecule has 2 aromatic carbocycles. The fraction of sp³-hybridized carbons (Fsp3) is 0.250. The van der Waals surface area contributed by atoms with Crippen LogP contribution in [0.15, 0.2) is 42.5 Å². The number of ketones is 1. The van der Waals surface area contributed by atoms with E-state index in [1.54, 1.807) is 0 Å². The van der Waals surface area contributed by atoms with E-state index in [-0.39, 0.29) is 18.6 Å². The molecule has 0 bridgehead atoms. The summed E-state index contributed by atoms with van der Waals surface area (Å²) in [7, 11) is 0. The molecule has 0 saturated heterocycles. The van der Waals surface area contributed by atoms with Gasteiger partial charge in [0.05, 0.1) is 0 Å². The van der Waals surface area contributed by atoms with E-state index >= 15 is 0 Å². The van der Waals surface area contributed by atoms with Gasteiger partial charge in [-0.25, -0.2) is 0 Å². The summed E-state index contributed by atoms with van der Waals surface area (Å²) < 4.78 is 0. The molecule has 1 unspecified atom stereocenters. The number of fused-ring (bicyclic) bond motifs is 1. The number of benzene rings is 2. The van der Waals surface area contributed by atoms with Crippen molar-refractivity contribution in [1.29, 1.82) is 0 Å². The molecule has 2 aromatic rings. The van der Waals surface area contributed by atoms with E-state index in [2.05, 4.69) is 0 Å². The number of hydrogen-bond donors (Lipinski definition) is 2. The molecule has 0 aliphatic heterocycles. The van der Waals surface area contributed by atoms with Crippen LogP contribution >= 0.6 is 0 Å². The maximum Gasteiger partial charge on any atom is 0.320 e. The second-order valence-electron chi connectivity index (χ2n) is 4.88. The molecule has 0 radical (unpaired) electrons. The van der Waals surface area contributed by atoms with Crippen LogP contribution in [0.3, 0.4) is 0 Å². The highest BCUT2D eigenvalue weighted by atomic mass is 16.4. The summed E-state index contributed by atoms with van der Waals surface area (Å²) in [5.41, 5.74) is 6.32. The van der Waals surface area contributed by atoms with Gasteiger partial charge in [-0.3, -0.25) is 9.59 Å². The van der Waals surface area contributed by atoms with Crippen molar-refractivity contribution in [3.8, 4) is 0 Å². The first-order chi connectivity index (χ1) is 9.56. The van der Waals surface area contributed by atoms with Crippen LogP contribution in [0.2, 0.25) is 0 Å². The number of carbonyl (C=O) groups is 2. The maximum absolute atomic E-state index is 11.8. The van der Waals surface area contributed by atoms with Crippen molar-refractivity contribution in [2.24, 2.45) is 5.73 Å². The number of Topliss-reactive ketones (excluding diaryl/α,β-unsaturated/α-hetero) is 1. The third-order valence-corrected chi connectivity index (χ3v) is 3.27. The van der Waals surface area contributed by atoms with E-state index in [9.17, 15) is 9.59 Å². The van der Waals surface area contributed by atoms with Gasteiger partial charge in [-0.2, -0.15) is 0 Å². The summed E-state index contributed by atoms with van der Waals surface area (Å²) in [6, 6.07) is 12.9. The zero-order valence-corrected chi connectivity index (χ0v) is 11.1. The number of aliphatic carboxylic acids is 1. The molecule has 20 heavy (non-hydrogen) atoms. The van der Waals surface area contributed by atoms with Crippen LogP contribution in [0.1, 0.15) is 18.4 Å². The molecule has 0 fully saturated rings. The molecule has 0 aromatic heterocycles. The number of hydrogen-bond acceptors (Lipinski definition) is 3. The van der Waals surface area contributed by atoms with E-state index in [1.807, 2.05) is 42.5 Å². The Morgan fingerprint density at radius 2 is 1.80 bits per heavy atom. The Kier molecular flexibility index (Phi) is 4.48. The number of carbonyl (C=O) groups excluding carboxylic acids is 1. The zero-order chi connectivity index (χ0) is 14.5. The Hall–Kier alpha value is -2.20. The molecule has 0 aliphatic rings. The molecule has 4 heteroatoms. The van der Waals surface area contributed by atoms with Gasteiger partial charge in [0.15, 0.2) is 0 Å². The van der Waals surface area contributed by atoms with Gasteiger partial charge in [0.1, 0.15) is 11.8 Å². The molecule has 0 saturated carbocycles. The lowest BCUT2D eigenvalue weighted by atomic mass is 10.0. The highest BCUT2D eigenvalue weighted by molar-refractivity contribution is 5.86. The number of carboxylic acids is 1. The van der Waals surface area contributed by atoms with Gasteiger partial charge in [-0.05, 0) is 22.8 Å². The van der Waals surface area contributed by atoms with Crippen molar-refractivity contribution >= 4 is 22.5 Å². The lowest BCUT2D eigenvalue weighted by Gasteiger charge is -2.06. The summed E-state index contributed by atoms with van der Waals surface area (Å²) in [5, 5.41) is 10.9. The van der Waals surface area contributed by atoms with Crippen LogP contribution in [0.25, 0.3) is 10.8 Å². The highest BCUT2D eigenvalue weighted by Gasteiger charge is 2.13. The van der Waals surface area contributed by atoms with E-state index in [0.717, 1.165) is 16.3 Å². The van der Waals surface area contributed by atoms with Crippen molar-refractivity contribution in [2.75, 3.05) is 0 Å². The Morgan fingerprint density at radius 3 is 2.50 bits per heavy atom. The minimum Gasteiger partial charge on any atom is -0.480 e. The van der Waals surface area contributed by atoms with Gasteiger partial charge in [0.25, 0.3) is 0 Å². The quantitative estimate of drug-likeness (QED) is 0.843. The fourth-order valence-electron chi connectivity index (χ4n) is 2.10. The van der Waals surface area contributed by atoms with Crippen molar-refractivity contribution in [3.63, 3.8) is 0 Å². The fourth-order valence-corrected chi connectivity index (χ4v) is 2.10. The first kappa shape index (κ1) is 14.2. The lowest BCUT2D eigenvalue weighted by molar-refractivity contribution is -0.138. The standard InChI is InChI=1S/C16H17NO3/c17-15(16(19)20)8-7-14(18)10-11-5-6-12-3-1-2-4-13(12)9-11/h1-6,9,15H,7-8,10,17H2,(H,19,20). The molecule has 1 atom stereocenters. The molecule has 0 amide bonds. The van der Waals surface area contributed by atoms with Gasteiger partial charge in [-0.15, -0.1) is 0 Å². The van der Waals surface area contributed by atoms with Crippen LogP contribution in [0.4, 0.5) is 0 Å². The molecule has 3 N–H and O–H groups in total. The van der Waals surface area contributed by atoms with Crippen molar-refractivity contribution in [1.82, 2.24) is 0 Å². The minimum atomic E-state index is -1.07. The van der Waals surface area contributed by atoms with E-state index in [1.165, 1.54) is 0 Å². The summed E-state index contributed by atoms with van der Waals surface area (Å²) in [4.78, 5) is 22.4. The molecular weight excluding hydrogens is 254 g/mol. The summed E-state index contributed by atoms with van der Waals surface area (Å²) in [6.07, 6.45) is 0.694. The van der Waals surface area contributed by atoms with E-state index in [0.29, 0.717) is 6.42 Å². The highest BCUT2D eigenvalue weighted by Crippen LogP contribution is 2.16. The second kappa shape index (κ2) is 6.30. The molecule has 4 nitrogen and oxygen atoms in total. The second-order valence-corrected chi connectivity index (χ2v) is 4.88. The first-order valence-electron chi connectivity index (χ1n) is 6.54. The predicted molar refractivity (Wildman–Crippen MR) is 77.5 cm³/mol. The smallest absolute Gasteiger partial charge is 0.320 e. The monoisotopic (exact) mass is 271 g/mol. The van der Waals surface area contributed by atoms with Crippen LogP contribution in [0, 0.1) is 0 Å². The number of nitrogens with two attached hydrogens (primary N) is 1. The molecule has 0 aliphatic carbocycles. The normalized spacial score (nSPS) is 12.2. The Labute approximate surface area is 117 Å². The summed E-state index contributed by atoms with van der Waals surface area (Å²) in [6.45, 7) is 0. The maximum atomic E-state index is 11.8. The lowest BCUT2D eigenvalue weighted by Crippen LogP contribution is -2.30. The third-order valence-electron chi connectivity index (χ3n) is 3.27. The number of carboxylic acid groups (broad SMARTS) is 1. The van der Waals surface area contributed by atoms with E-state index in [4.69, 9.17) is 10.8 Å².